The second-order valence-electron chi connectivity index (χ2n) is 6.41. The average Bonchev–Trinajstić information content (AvgIpc) is 2.93. The second-order valence-corrected chi connectivity index (χ2v) is 9.00. The molecule has 0 spiro atoms. The van der Waals surface area contributed by atoms with Crippen LogP contribution in [0.4, 0.5) is 13.2 Å². The maximum absolute atomic E-state index is 12.8. The first-order chi connectivity index (χ1) is 11.3. The lowest BCUT2D eigenvalue weighted by Crippen LogP contribution is -2.26. The number of rotatable bonds is 4. The molecule has 0 aliphatic heterocycles. The first kappa shape index (κ1) is 19.9. The van der Waals surface area contributed by atoms with Gasteiger partial charge in [0.15, 0.2) is 0 Å². The normalized spacial score (nSPS) is 13.2. The zero-order valence-corrected chi connectivity index (χ0v) is 16.0. The van der Waals surface area contributed by atoms with E-state index in [1.54, 1.807) is 0 Å². The van der Waals surface area contributed by atoms with E-state index in [4.69, 9.17) is 4.52 Å². The summed E-state index contributed by atoms with van der Waals surface area (Å²) >= 11 is 2.98. The van der Waals surface area contributed by atoms with Crippen LogP contribution in [0.3, 0.4) is 0 Å². The first-order valence-electron chi connectivity index (χ1n) is 7.12. The summed E-state index contributed by atoms with van der Waals surface area (Å²) in [7, 11) is -4.18. The van der Waals surface area contributed by atoms with Gasteiger partial charge < -0.3 is 4.52 Å². The first-order valence-corrected chi connectivity index (χ1v) is 9.40. The Balaban J connectivity index is 2.31. The molecule has 0 radical (unpaired) electrons. The molecule has 1 N–H and O–H groups in total. The van der Waals surface area contributed by atoms with Crippen LogP contribution in [0.15, 0.2) is 38.4 Å². The zero-order chi connectivity index (χ0) is 19.0. The van der Waals surface area contributed by atoms with Crippen molar-refractivity contribution in [2.45, 2.75) is 43.8 Å². The summed E-state index contributed by atoms with van der Waals surface area (Å²) in [5.74, 6) is 0. The third kappa shape index (κ3) is 4.62. The van der Waals surface area contributed by atoms with Gasteiger partial charge in [0.05, 0.1) is 16.2 Å². The highest BCUT2D eigenvalue weighted by molar-refractivity contribution is 9.10. The van der Waals surface area contributed by atoms with E-state index in [1.165, 1.54) is 6.26 Å². The Hall–Kier alpha value is -1.39. The minimum Gasteiger partial charge on any atom is -0.364 e. The number of nitrogens with zero attached hydrogens (tertiary/aromatic N) is 1. The van der Waals surface area contributed by atoms with Gasteiger partial charge in [-0.1, -0.05) is 25.9 Å². The number of nitrogens with one attached hydrogen (secondary N) is 1. The number of hydrogen-bond acceptors (Lipinski definition) is 4. The SMILES string of the molecule is CC(C)(C)c1nocc1CNS(=O)(=O)c1cc(C(F)(F)F)ccc1Br. The molecule has 0 atom stereocenters. The standard InChI is InChI=1S/C15H16BrF3N2O3S/c1-14(2,3)13-9(8-24-21-13)7-20-25(22,23)12-6-10(15(17,18)19)4-5-11(12)16/h4-6,8,20H,7H2,1-3H3. The van der Waals surface area contributed by atoms with Crippen molar-refractivity contribution in [1.29, 1.82) is 0 Å². The molecule has 0 saturated heterocycles. The minimum atomic E-state index is -4.64. The Morgan fingerprint density at radius 3 is 2.44 bits per heavy atom. The monoisotopic (exact) mass is 440 g/mol. The molecule has 2 aromatic rings. The average molecular weight is 441 g/mol. The van der Waals surface area contributed by atoms with Crippen LogP contribution < -0.4 is 4.72 Å². The lowest BCUT2D eigenvalue weighted by atomic mass is 9.90. The van der Waals surface area contributed by atoms with Crippen molar-refractivity contribution in [1.82, 2.24) is 9.88 Å². The fourth-order valence-electron chi connectivity index (χ4n) is 2.14. The summed E-state index contributed by atoms with van der Waals surface area (Å²) < 4.78 is 70.6. The van der Waals surface area contributed by atoms with Crippen molar-refractivity contribution in [2.24, 2.45) is 0 Å². The van der Waals surface area contributed by atoms with Crippen LogP contribution in [0.2, 0.25) is 0 Å². The molecule has 2 rings (SSSR count). The van der Waals surface area contributed by atoms with Gasteiger partial charge in [0.1, 0.15) is 6.26 Å². The van der Waals surface area contributed by atoms with Gasteiger partial charge in [-0.05, 0) is 34.1 Å². The lowest BCUT2D eigenvalue weighted by molar-refractivity contribution is -0.137. The van der Waals surface area contributed by atoms with Gasteiger partial charge in [0.2, 0.25) is 10.0 Å². The van der Waals surface area contributed by atoms with E-state index in [-0.39, 0.29) is 16.4 Å². The Kier molecular flexibility index (Phi) is 5.36. The van der Waals surface area contributed by atoms with Gasteiger partial charge in [0.25, 0.3) is 0 Å². The highest BCUT2D eigenvalue weighted by Crippen LogP contribution is 2.33. The van der Waals surface area contributed by atoms with Crippen LogP contribution in [0.5, 0.6) is 0 Å². The van der Waals surface area contributed by atoms with E-state index in [2.05, 4.69) is 25.8 Å². The predicted octanol–water partition coefficient (Wildman–Crippen LogP) is 4.23. The highest BCUT2D eigenvalue weighted by Gasteiger charge is 2.33. The highest BCUT2D eigenvalue weighted by atomic mass is 79.9. The van der Waals surface area contributed by atoms with E-state index < -0.39 is 26.7 Å². The lowest BCUT2D eigenvalue weighted by Gasteiger charge is -2.17. The topological polar surface area (TPSA) is 72.2 Å². The Bertz CT molecular complexity index is 871. The van der Waals surface area contributed by atoms with Crippen LogP contribution >= 0.6 is 15.9 Å². The van der Waals surface area contributed by atoms with Gasteiger partial charge in [0, 0.05) is 22.0 Å². The van der Waals surface area contributed by atoms with Crippen molar-refractivity contribution < 1.29 is 26.1 Å². The molecule has 0 amide bonds. The van der Waals surface area contributed by atoms with E-state index in [9.17, 15) is 21.6 Å². The summed E-state index contributed by atoms with van der Waals surface area (Å²) in [6.45, 7) is 5.49. The summed E-state index contributed by atoms with van der Waals surface area (Å²) in [6, 6.07) is 2.45. The number of hydrogen-bond donors (Lipinski definition) is 1. The Labute approximate surface area is 151 Å². The molecule has 0 aliphatic rings. The smallest absolute Gasteiger partial charge is 0.364 e. The van der Waals surface area contributed by atoms with Crippen LogP contribution in [0, 0.1) is 0 Å². The van der Waals surface area contributed by atoms with Crippen molar-refractivity contribution in [3.05, 3.63) is 45.8 Å². The molecule has 138 valence electrons. The molecule has 0 unspecified atom stereocenters. The zero-order valence-electron chi connectivity index (χ0n) is 13.6. The molecule has 25 heavy (non-hydrogen) atoms. The van der Waals surface area contributed by atoms with E-state index in [0.29, 0.717) is 17.3 Å². The molecule has 5 nitrogen and oxygen atoms in total. The van der Waals surface area contributed by atoms with Gasteiger partial charge >= 0.3 is 6.18 Å². The third-order valence-corrected chi connectivity index (χ3v) is 5.75. The minimum absolute atomic E-state index is 0.0364. The molecule has 0 saturated carbocycles. The van der Waals surface area contributed by atoms with E-state index in [1.807, 2.05) is 20.8 Å². The fourth-order valence-corrected chi connectivity index (χ4v) is 4.13. The van der Waals surface area contributed by atoms with Gasteiger partial charge in [-0.3, -0.25) is 0 Å². The summed E-state index contributed by atoms with van der Waals surface area (Å²) in [4.78, 5) is -0.490. The van der Waals surface area contributed by atoms with Crippen LogP contribution in [-0.4, -0.2) is 13.6 Å². The Morgan fingerprint density at radius 2 is 1.88 bits per heavy atom. The van der Waals surface area contributed by atoms with Crippen molar-refractivity contribution in [3.63, 3.8) is 0 Å². The van der Waals surface area contributed by atoms with Crippen LogP contribution in [-0.2, 0) is 28.2 Å². The molecule has 1 aromatic carbocycles. The van der Waals surface area contributed by atoms with Crippen molar-refractivity contribution in [3.8, 4) is 0 Å². The summed E-state index contributed by atoms with van der Waals surface area (Å²) in [5.41, 5.74) is -0.334. The quantitative estimate of drug-likeness (QED) is 0.771. The van der Waals surface area contributed by atoms with Crippen molar-refractivity contribution >= 4 is 26.0 Å². The number of alkyl halides is 3. The molecule has 0 fully saturated rings. The molecule has 1 aromatic heterocycles. The number of sulfonamides is 1. The summed E-state index contributed by atoms with van der Waals surface area (Å²) in [5, 5.41) is 3.86. The molecule has 1 heterocycles. The summed E-state index contributed by atoms with van der Waals surface area (Å²) in [6.07, 6.45) is -3.33. The molecule has 10 heteroatoms. The number of benzene rings is 1. The molecule has 0 bridgehead atoms. The fraction of sp³-hybridized carbons (Fsp3) is 0.400. The van der Waals surface area contributed by atoms with Crippen molar-refractivity contribution in [2.75, 3.05) is 0 Å². The van der Waals surface area contributed by atoms with Crippen LogP contribution in [0.25, 0.3) is 0 Å². The third-order valence-electron chi connectivity index (χ3n) is 3.35. The van der Waals surface area contributed by atoms with Crippen LogP contribution in [0.1, 0.15) is 37.6 Å². The Morgan fingerprint density at radius 1 is 1.24 bits per heavy atom. The van der Waals surface area contributed by atoms with E-state index >= 15 is 0 Å². The molecular weight excluding hydrogens is 425 g/mol. The maximum atomic E-state index is 12.8. The second kappa shape index (κ2) is 6.73. The number of aromatic nitrogens is 1. The van der Waals surface area contributed by atoms with Gasteiger partial charge in [-0.2, -0.15) is 13.2 Å². The molecule has 0 aliphatic carbocycles. The van der Waals surface area contributed by atoms with Gasteiger partial charge in [-0.25, -0.2) is 13.1 Å². The number of halogens is 4. The van der Waals surface area contributed by atoms with Gasteiger partial charge in [-0.15, -0.1) is 0 Å². The largest absolute Gasteiger partial charge is 0.416 e. The maximum Gasteiger partial charge on any atom is 0.416 e. The molecular formula is C15H16BrF3N2O3S. The predicted molar refractivity (Wildman–Crippen MR) is 88.4 cm³/mol. The van der Waals surface area contributed by atoms with E-state index in [0.717, 1.165) is 12.1 Å².